The molecule has 0 atom stereocenters. The molecule has 160 valence electrons. The molecule has 0 radical (unpaired) electrons. The number of ether oxygens (including phenoxy) is 1. The molecule has 30 heavy (non-hydrogen) atoms. The van der Waals surface area contributed by atoms with Crippen molar-refractivity contribution in [2.75, 3.05) is 31.6 Å². The van der Waals surface area contributed by atoms with Crippen molar-refractivity contribution in [1.82, 2.24) is 14.3 Å². The van der Waals surface area contributed by atoms with Crippen LogP contribution >= 0.6 is 0 Å². The molecule has 0 saturated carbocycles. The molecule has 3 aromatic rings. The Kier molecular flexibility index (Phi) is 5.71. The SMILES string of the molecule is CCN(CC)S(=O)(=O)c1ccc2nc(CN3CCCc4cccc(OC)c43)[nH]c2c1. The average molecular weight is 429 g/mol. The smallest absolute Gasteiger partial charge is 0.243 e. The van der Waals surface area contributed by atoms with Crippen LogP contribution < -0.4 is 9.64 Å². The maximum atomic E-state index is 12.8. The van der Waals surface area contributed by atoms with E-state index in [4.69, 9.17) is 9.72 Å². The Bertz CT molecular complexity index is 1140. The molecular formula is C22H28N4O3S. The van der Waals surface area contributed by atoms with E-state index in [2.05, 4.69) is 16.0 Å². The fourth-order valence-electron chi connectivity index (χ4n) is 4.19. The zero-order valence-corrected chi connectivity index (χ0v) is 18.5. The van der Waals surface area contributed by atoms with Crippen LogP contribution in [0.4, 0.5) is 5.69 Å². The number of para-hydroxylation sites is 1. The number of benzene rings is 2. The highest BCUT2D eigenvalue weighted by atomic mass is 32.2. The molecule has 1 N–H and O–H groups in total. The summed E-state index contributed by atoms with van der Waals surface area (Å²) in [5.74, 6) is 1.68. The summed E-state index contributed by atoms with van der Waals surface area (Å²) < 4.78 is 32.7. The number of nitrogens with zero attached hydrogens (tertiary/aromatic N) is 3. The van der Waals surface area contributed by atoms with Gasteiger partial charge in [0.25, 0.3) is 0 Å². The first-order valence-electron chi connectivity index (χ1n) is 10.4. The Morgan fingerprint density at radius 3 is 2.73 bits per heavy atom. The van der Waals surface area contributed by atoms with Crippen molar-refractivity contribution in [2.24, 2.45) is 0 Å². The summed E-state index contributed by atoms with van der Waals surface area (Å²) in [4.78, 5) is 10.6. The first-order valence-corrected chi connectivity index (χ1v) is 11.8. The molecule has 4 rings (SSSR count). The monoisotopic (exact) mass is 428 g/mol. The van der Waals surface area contributed by atoms with E-state index in [1.165, 1.54) is 9.87 Å². The maximum Gasteiger partial charge on any atom is 0.243 e. The fourth-order valence-corrected chi connectivity index (χ4v) is 5.68. The summed E-state index contributed by atoms with van der Waals surface area (Å²) >= 11 is 0. The van der Waals surface area contributed by atoms with Gasteiger partial charge in [-0.25, -0.2) is 13.4 Å². The number of H-pyrrole nitrogens is 1. The molecule has 2 heterocycles. The van der Waals surface area contributed by atoms with Gasteiger partial charge in [-0.05, 0) is 42.7 Å². The minimum Gasteiger partial charge on any atom is -0.495 e. The number of aromatic amines is 1. The second-order valence-electron chi connectivity index (χ2n) is 7.44. The predicted octanol–water partition coefficient (Wildman–Crippen LogP) is 3.55. The quantitative estimate of drug-likeness (QED) is 0.623. The van der Waals surface area contributed by atoms with E-state index in [9.17, 15) is 8.42 Å². The van der Waals surface area contributed by atoms with Gasteiger partial charge in [0.1, 0.15) is 11.6 Å². The van der Waals surface area contributed by atoms with Crippen LogP contribution in [-0.2, 0) is 23.0 Å². The number of sulfonamides is 1. The van der Waals surface area contributed by atoms with Crippen LogP contribution in [-0.4, -0.2) is 49.4 Å². The zero-order chi connectivity index (χ0) is 21.3. The van der Waals surface area contributed by atoms with Gasteiger partial charge in [0, 0.05) is 19.6 Å². The molecule has 2 aromatic carbocycles. The van der Waals surface area contributed by atoms with Gasteiger partial charge in [-0.1, -0.05) is 26.0 Å². The van der Waals surface area contributed by atoms with Crippen molar-refractivity contribution < 1.29 is 13.2 Å². The van der Waals surface area contributed by atoms with Crippen LogP contribution in [0.1, 0.15) is 31.7 Å². The van der Waals surface area contributed by atoms with Crippen LogP contribution in [0.3, 0.4) is 0 Å². The third kappa shape index (κ3) is 3.65. The highest BCUT2D eigenvalue weighted by Crippen LogP contribution is 2.36. The van der Waals surface area contributed by atoms with E-state index >= 15 is 0 Å². The lowest BCUT2D eigenvalue weighted by Gasteiger charge is -2.32. The van der Waals surface area contributed by atoms with Crippen molar-refractivity contribution in [3.63, 3.8) is 0 Å². The number of aromatic nitrogens is 2. The minimum absolute atomic E-state index is 0.291. The Labute approximate surface area is 177 Å². The molecule has 0 aliphatic carbocycles. The highest BCUT2D eigenvalue weighted by Gasteiger charge is 2.24. The number of aryl methyl sites for hydroxylation is 1. The van der Waals surface area contributed by atoms with Crippen molar-refractivity contribution in [1.29, 1.82) is 0 Å². The molecule has 7 nitrogen and oxygen atoms in total. The Hall–Kier alpha value is -2.58. The summed E-state index contributed by atoms with van der Waals surface area (Å²) in [7, 11) is -1.81. The number of nitrogens with one attached hydrogen (secondary N) is 1. The number of hydrogen-bond acceptors (Lipinski definition) is 5. The van der Waals surface area contributed by atoms with E-state index < -0.39 is 10.0 Å². The topological polar surface area (TPSA) is 78.5 Å². The fraction of sp³-hybridized carbons (Fsp3) is 0.409. The van der Waals surface area contributed by atoms with Gasteiger partial charge in [0.2, 0.25) is 10.0 Å². The molecule has 0 saturated heterocycles. The predicted molar refractivity (Wildman–Crippen MR) is 119 cm³/mol. The van der Waals surface area contributed by atoms with Crippen LogP contribution in [0.15, 0.2) is 41.3 Å². The summed E-state index contributed by atoms with van der Waals surface area (Å²) in [5, 5.41) is 0. The average Bonchev–Trinajstić information content (AvgIpc) is 3.15. The van der Waals surface area contributed by atoms with Crippen LogP contribution in [0.2, 0.25) is 0 Å². The largest absolute Gasteiger partial charge is 0.495 e. The molecule has 1 aliphatic heterocycles. The van der Waals surface area contributed by atoms with Gasteiger partial charge >= 0.3 is 0 Å². The number of anilines is 1. The third-order valence-corrected chi connectivity index (χ3v) is 7.72. The normalized spacial score (nSPS) is 14.3. The number of imidazole rings is 1. The standard InChI is InChI=1S/C22H28N4O3S/c1-4-26(5-2)30(27,28)17-11-12-18-19(14-17)24-21(23-18)15-25-13-7-9-16-8-6-10-20(29-3)22(16)25/h6,8,10-12,14H,4-5,7,9,13,15H2,1-3H3,(H,23,24). The molecular weight excluding hydrogens is 400 g/mol. The molecule has 1 aromatic heterocycles. The molecule has 0 fully saturated rings. The number of rotatable bonds is 7. The van der Waals surface area contributed by atoms with Crippen molar-refractivity contribution >= 4 is 26.7 Å². The number of methoxy groups -OCH3 is 1. The Morgan fingerprint density at radius 2 is 2.00 bits per heavy atom. The van der Waals surface area contributed by atoms with Crippen molar-refractivity contribution in [3.8, 4) is 5.75 Å². The van der Waals surface area contributed by atoms with Crippen LogP contribution in [0, 0.1) is 0 Å². The number of hydrogen-bond donors (Lipinski definition) is 1. The van der Waals surface area contributed by atoms with E-state index in [1.54, 1.807) is 25.3 Å². The molecule has 0 spiro atoms. The van der Waals surface area contributed by atoms with Crippen LogP contribution in [0.5, 0.6) is 5.75 Å². The van der Waals surface area contributed by atoms with Gasteiger partial charge in [-0.2, -0.15) is 4.31 Å². The minimum atomic E-state index is -3.50. The van der Waals surface area contributed by atoms with Crippen molar-refractivity contribution in [2.45, 2.75) is 38.1 Å². The van der Waals surface area contributed by atoms with Gasteiger partial charge in [0.05, 0.1) is 35.3 Å². The first-order chi connectivity index (χ1) is 14.5. The van der Waals surface area contributed by atoms with Gasteiger partial charge in [-0.3, -0.25) is 0 Å². The summed E-state index contributed by atoms with van der Waals surface area (Å²) in [6.07, 6.45) is 2.11. The molecule has 0 bridgehead atoms. The van der Waals surface area contributed by atoms with E-state index in [1.807, 2.05) is 26.0 Å². The van der Waals surface area contributed by atoms with Crippen LogP contribution in [0.25, 0.3) is 11.0 Å². The lowest BCUT2D eigenvalue weighted by Crippen LogP contribution is -2.30. The lowest BCUT2D eigenvalue weighted by molar-refractivity contribution is 0.412. The zero-order valence-electron chi connectivity index (χ0n) is 17.7. The summed E-state index contributed by atoms with van der Waals surface area (Å²) in [6, 6.07) is 11.3. The molecule has 0 amide bonds. The maximum absolute atomic E-state index is 12.8. The van der Waals surface area contributed by atoms with Gasteiger partial charge < -0.3 is 14.6 Å². The molecule has 8 heteroatoms. The van der Waals surface area contributed by atoms with Gasteiger partial charge in [-0.15, -0.1) is 0 Å². The third-order valence-electron chi connectivity index (χ3n) is 5.68. The molecule has 0 unspecified atom stereocenters. The van der Waals surface area contributed by atoms with Gasteiger partial charge in [0.15, 0.2) is 0 Å². The van der Waals surface area contributed by atoms with E-state index in [-0.39, 0.29) is 0 Å². The van der Waals surface area contributed by atoms with E-state index in [0.29, 0.717) is 24.5 Å². The Balaban J connectivity index is 1.65. The second-order valence-corrected chi connectivity index (χ2v) is 9.38. The number of fused-ring (bicyclic) bond motifs is 2. The first kappa shape index (κ1) is 20.7. The second kappa shape index (κ2) is 8.28. The summed E-state index contributed by atoms with van der Waals surface area (Å²) in [6.45, 7) is 6.12. The lowest BCUT2D eigenvalue weighted by atomic mass is 10.0. The van der Waals surface area contributed by atoms with Crippen molar-refractivity contribution in [3.05, 3.63) is 47.8 Å². The Morgan fingerprint density at radius 1 is 1.20 bits per heavy atom. The highest BCUT2D eigenvalue weighted by molar-refractivity contribution is 7.89. The summed E-state index contributed by atoms with van der Waals surface area (Å²) in [5.41, 5.74) is 3.90. The van der Waals surface area contributed by atoms with E-state index in [0.717, 1.165) is 47.7 Å². The molecule has 1 aliphatic rings.